The number of carbonyl (C=O) groups excluding carboxylic acids is 1. The van der Waals surface area contributed by atoms with E-state index in [0.717, 1.165) is 6.54 Å². The molecule has 4 N–H and O–H groups in total. The molecule has 0 aromatic rings. The number of nitrogens with two attached hydrogens (primary N) is 1. The zero-order chi connectivity index (χ0) is 11.4. The molecule has 1 saturated heterocycles. The average molecular weight is 216 g/mol. The van der Waals surface area contributed by atoms with Crippen molar-refractivity contribution in [2.75, 3.05) is 26.2 Å². The first-order valence-corrected chi connectivity index (χ1v) is 5.35. The smallest absolute Gasteiger partial charge is 0.256 e. The summed E-state index contributed by atoms with van der Waals surface area (Å²) >= 11 is 0. The highest BCUT2D eigenvalue weighted by atomic mass is 16.3. The predicted molar refractivity (Wildman–Crippen MR) is 56.6 cm³/mol. The van der Waals surface area contributed by atoms with Gasteiger partial charge in [0.15, 0.2) is 0 Å². The van der Waals surface area contributed by atoms with Gasteiger partial charge >= 0.3 is 0 Å². The molecule has 1 heterocycles. The van der Waals surface area contributed by atoms with Crippen molar-refractivity contribution in [1.29, 1.82) is 0 Å². The zero-order valence-corrected chi connectivity index (χ0v) is 9.31. The lowest BCUT2D eigenvalue weighted by Gasteiger charge is -2.30. The van der Waals surface area contributed by atoms with Gasteiger partial charge in [-0.2, -0.15) is 5.01 Å². The summed E-state index contributed by atoms with van der Waals surface area (Å²) in [5.74, 6) is -0.0604. The number of nitrogens with one attached hydrogen (secondary N) is 1. The Kier molecular flexibility index (Phi) is 4.46. The molecule has 0 aliphatic carbocycles. The highest BCUT2D eigenvalue weighted by molar-refractivity contribution is 5.84. The molecule has 0 aromatic heterocycles. The lowest BCUT2D eigenvalue weighted by molar-refractivity contribution is -0.138. The quantitative estimate of drug-likeness (QED) is 0.511. The first kappa shape index (κ1) is 12.4. The van der Waals surface area contributed by atoms with Gasteiger partial charge in [0.2, 0.25) is 0 Å². The van der Waals surface area contributed by atoms with E-state index < -0.39 is 6.04 Å². The summed E-state index contributed by atoms with van der Waals surface area (Å²) in [5.41, 5.74) is 5.82. The fourth-order valence-corrected chi connectivity index (χ4v) is 1.92. The molecule has 1 rings (SSSR count). The summed E-state index contributed by atoms with van der Waals surface area (Å²) in [6.45, 7) is 5.72. The third-order valence-corrected chi connectivity index (χ3v) is 2.60. The van der Waals surface area contributed by atoms with Crippen LogP contribution in [0, 0.1) is 0 Å². The summed E-state index contributed by atoms with van der Waals surface area (Å²) in [4.78, 5) is 11.7. The fraction of sp³-hybridized carbons (Fsp3) is 0.889. The minimum absolute atomic E-state index is 0.0427. The molecular formula is C9H20N4O2. The minimum atomic E-state index is -0.545. The van der Waals surface area contributed by atoms with E-state index in [1.807, 2.05) is 18.9 Å². The Morgan fingerprint density at radius 1 is 1.47 bits per heavy atom. The lowest BCUT2D eigenvalue weighted by Crippen LogP contribution is -2.52. The van der Waals surface area contributed by atoms with Crippen LogP contribution in [0.15, 0.2) is 0 Å². The van der Waals surface area contributed by atoms with E-state index in [0.29, 0.717) is 13.1 Å². The average Bonchev–Trinajstić information content (AvgIpc) is 2.48. The molecule has 0 bridgehead atoms. The number of hydrogen-bond acceptors (Lipinski definition) is 5. The highest BCUT2D eigenvalue weighted by Gasteiger charge is 2.42. The Hall–Kier alpha value is -0.690. The van der Waals surface area contributed by atoms with Gasteiger partial charge in [-0.3, -0.25) is 15.1 Å². The Bertz CT molecular complexity index is 224. The number of hydrogen-bond donors (Lipinski definition) is 3. The lowest BCUT2D eigenvalue weighted by atomic mass is 10.2. The van der Waals surface area contributed by atoms with E-state index in [9.17, 15) is 4.79 Å². The standard InChI is InChI=1S/C9H20N4O2/c1-3-12-8(11-5-6-14)7(10)9(15)13(12)4-2/h7-8,11,14H,3-6,10H2,1-2H3. The second-order valence-electron chi connectivity index (χ2n) is 3.46. The van der Waals surface area contributed by atoms with E-state index >= 15 is 0 Å². The van der Waals surface area contributed by atoms with Crippen LogP contribution in [-0.2, 0) is 4.79 Å². The largest absolute Gasteiger partial charge is 0.395 e. The van der Waals surface area contributed by atoms with E-state index in [-0.39, 0.29) is 18.7 Å². The molecule has 1 aliphatic heterocycles. The maximum absolute atomic E-state index is 11.7. The normalized spacial score (nSPS) is 27.7. The van der Waals surface area contributed by atoms with Gasteiger partial charge < -0.3 is 10.8 Å². The number of amides is 1. The maximum atomic E-state index is 11.7. The number of carbonyl (C=O) groups is 1. The topological polar surface area (TPSA) is 81.8 Å². The van der Waals surface area contributed by atoms with Gasteiger partial charge in [0.1, 0.15) is 12.2 Å². The van der Waals surface area contributed by atoms with Crippen LogP contribution in [-0.4, -0.2) is 59.5 Å². The Morgan fingerprint density at radius 3 is 2.60 bits per heavy atom. The van der Waals surface area contributed by atoms with Crippen molar-refractivity contribution in [3.63, 3.8) is 0 Å². The molecule has 6 nitrogen and oxygen atoms in total. The van der Waals surface area contributed by atoms with Crippen LogP contribution in [0.25, 0.3) is 0 Å². The number of hydrazine groups is 1. The summed E-state index contributed by atoms with van der Waals surface area (Å²) in [6.07, 6.45) is -0.199. The number of rotatable bonds is 5. The molecule has 0 aromatic carbocycles. The van der Waals surface area contributed by atoms with Crippen molar-refractivity contribution >= 4 is 5.91 Å². The Labute approximate surface area is 90.0 Å². The monoisotopic (exact) mass is 216 g/mol. The highest BCUT2D eigenvalue weighted by Crippen LogP contribution is 2.16. The number of likely N-dealkylation sites (N-methyl/N-ethyl adjacent to an activating group) is 2. The minimum Gasteiger partial charge on any atom is -0.395 e. The van der Waals surface area contributed by atoms with Crippen LogP contribution in [0.1, 0.15) is 13.8 Å². The third kappa shape index (κ3) is 2.28. The zero-order valence-electron chi connectivity index (χ0n) is 9.31. The molecule has 1 fully saturated rings. The van der Waals surface area contributed by atoms with Crippen molar-refractivity contribution in [2.24, 2.45) is 5.73 Å². The summed E-state index contributed by atoms with van der Waals surface area (Å²) in [5, 5.41) is 15.4. The van der Waals surface area contributed by atoms with Crippen molar-refractivity contribution < 1.29 is 9.90 Å². The van der Waals surface area contributed by atoms with E-state index in [4.69, 9.17) is 10.8 Å². The molecule has 2 atom stereocenters. The molecule has 6 heteroatoms. The SMILES string of the molecule is CCN1C(=O)C(N)C(NCCO)N1CC. The molecule has 15 heavy (non-hydrogen) atoms. The van der Waals surface area contributed by atoms with Crippen LogP contribution in [0.5, 0.6) is 0 Å². The van der Waals surface area contributed by atoms with Crippen LogP contribution in [0.3, 0.4) is 0 Å². The van der Waals surface area contributed by atoms with Crippen molar-refractivity contribution in [3.8, 4) is 0 Å². The number of aliphatic hydroxyl groups is 1. The van der Waals surface area contributed by atoms with Crippen LogP contribution < -0.4 is 11.1 Å². The molecule has 88 valence electrons. The molecule has 0 spiro atoms. The third-order valence-electron chi connectivity index (χ3n) is 2.60. The van der Waals surface area contributed by atoms with Crippen molar-refractivity contribution in [3.05, 3.63) is 0 Å². The molecule has 0 saturated carbocycles. The second-order valence-corrected chi connectivity index (χ2v) is 3.46. The Balaban J connectivity index is 2.71. The molecule has 1 amide bonds. The van der Waals surface area contributed by atoms with Crippen LogP contribution in [0.2, 0.25) is 0 Å². The van der Waals surface area contributed by atoms with Gasteiger partial charge in [0, 0.05) is 19.6 Å². The predicted octanol–water partition coefficient (Wildman–Crippen LogP) is -1.68. The Morgan fingerprint density at radius 2 is 2.13 bits per heavy atom. The first-order chi connectivity index (χ1) is 7.17. The van der Waals surface area contributed by atoms with Gasteiger partial charge in [-0.05, 0) is 6.92 Å². The summed E-state index contributed by atoms with van der Waals surface area (Å²) in [7, 11) is 0. The first-order valence-electron chi connectivity index (χ1n) is 5.35. The van der Waals surface area contributed by atoms with Gasteiger partial charge in [-0.25, -0.2) is 0 Å². The van der Waals surface area contributed by atoms with Crippen LogP contribution in [0.4, 0.5) is 0 Å². The summed E-state index contributed by atoms with van der Waals surface area (Å²) in [6, 6.07) is -0.545. The molecule has 1 aliphatic rings. The van der Waals surface area contributed by atoms with Crippen LogP contribution >= 0.6 is 0 Å². The number of nitrogens with zero attached hydrogens (tertiary/aromatic N) is 2. The van der Waals surface area contributed by atoms with Crippen molar-refractivity contribution in [1.82, 2.24) is 15.3 Å². The van der Waals surface area contributed by atoms with Gasteiger partial charge in [-0.1, -0.05) is 6.92 Å². The summed E-state index contributed by atoms with van der Waals surface area (Å²) < 4.78 is 0. The maximum Gasteiger partial charge on any atom is 0.256 e. The van der Waals surface area contributed by atoms with E-state index in [2.05, 4.69) is 5.32 Å². The van der Waals surface area contributed by atoms with Gasteiger partial charge in [-0.15, -0.1) is 0 Å². The number of aliphatic hydroxyl groups excluding tert-OH is 1. The molecule has 2 unspecified atom stereocenters. The van der Waals surface area contributed by atoms with Gasteiger partial charge in [0.25, 0.3) is 5.91 Å². The van der Waals surface area contributed by atoms with E-state index in [1.54, 1.807) is 5.01 Å². The second kappa shape index (κ2) is 5.41. The van der Waals surface area contributed by atoms with Gasteiger partial charge in [0.05, 0.1) is 6.61 Å². The van der Waals surface area contributed by atoms with Crippen molar-refractivity contribution in [2.45, 2.75) is 26.1 Å². The van der Waals surface area contributed by atoms with E-state index in [1.165, 1.54) is 0 Å². The molecule has 0 radical (unpaired) electrons. The fourth-order valence-electron chi connectivity index (χ4n) is 1.92. The molecular weight excluding hydrogens is 196 g/mol.